The van der Waals surface area contributed by atoms with Crippen LogP contribution in [0.3, 0.4) is 0 Å². The Morgan fingerprint density at radius 3 is 2.36 bits per heavy atom. The summed E-state index contributed by atoms with van der Waals surface area (Å²) in [4.78, 5) is 59.5. The first-order valence-corrected chi connectivity index (χ1v) is 14.5. The van der Waals surface area contributed by atoms with Crippen LogP contribution in [0.25, 0.3) is 10.4 Å². The predicted octanol–water partition coefficient (Wildman–Crippen LogP) is -3.71. The van der Waals surface area contributed by atoms with E-state index in [-0.39, 0.29) is 0 Å². The van der Waals surface area contributed by atoms with Crippen LogP contribution in [0.1, 0.15) is 13.2 Å². The van der Waals surface area contributed by atoms with Gasteiger partial charge < -0.3 is 50.1 Å². The topological polar surface area (TPSA) is 355 Å². The number of aliphatic hydroxyl groups excluding tert-OH is 5. The second-order valence-corrected chi connectivity index (χ2v) is 11.8. The minimum Gasteiger partial charge on any atom is -0.394 e. The molecule has 2 aliphatic rings. The highest BCUT2D eigenvalue weighted by Crippen LogP contribution is 2.61. The normalized spacial score (nSPS) is 34.1. The van der Waals surface area contributed by atoms with Crippen LogP contribution in [-0.4, -0.2) is 113 Å². The average Bonchev–Trinajstić information content (AvgIpc) is 3.16. The van der Waals surface area contributed by atoms with E-state index in [0.717, 1.165) is 6.92 Å². The van der Waals surface area contributed by atoms with Gasteiger partial charge in [-0.15, -0.1) is 0 Å². The van der Waals surface area contributed by atoms with E-state index in [4.69, 9.17) is 15.0 Å². The first-order chi connectivity index (χ1) is 19.5. The minimum absolute atomic E-state index is 0.546. The van der Waals surface area contributed by atoms with Crippen LogP contribution in [0.2, 0.25) is 0 Å². The number of aliphatic hydroxyl groups is 5. The number of H-pyrrole nitrogens is 1. The molecule has 2 aliphatic heterocycles. The van der Waals surface area contributed by atoms with E-state index >= 15 is 0 Å². The Balaban J connectivity index is 1.69. The van der Waals surface area contributed by atoms with Gasteiger partial charge in [0.25, 0.3) is 5.56 Å². The molecule has 42 heavy (non-hydrogen) atoms. The molecule has 23 nitrogen and oxygen atoms in total. The van der Waals surface area contributed by atoms with E-state index in [1.54, 1.807) is 4.98 Å². The number of phosphoric acid groups is 2. The maximum Gasteiger partial charge on any atom is 0.483 e. The van der Waals surface area contributed by atoms with Gasteiger partial charge in [-0.1, -0.05) is 5.11 Å². The highest BCUT2D eigenvalue weighted by Gasteiger charge is 2.50. The summed E-state index contributed by atoms with van der Waals surface area (Å²) in [6, 6.07) is -1.72. The highest BCUT2D eigenvalue weighted by molar-refractivity contribution is 7.61. The molecular weight excluding hydrogens is 622 g/mol. The molecule has 0 saturated carbocycles. The third-order valence-electron chi connectivity index (χ3n) is 5.81. The number of amides is 1. The molecule has 25 heteroatoms. The minimum atomic E-state index is -5.68. The van der Waals surface area contributed by atoms with Gasteiger partial charge in [0.05, 0.1) is 13.2 Å². The molecule has 11 atom stereocenters. The second kappa shape index (κ2) is 13.4. The number of nitrogens with one attached hydrogen (secondary N) is 2. The van der Waals surface area contributed by atoms with Gasteiger partial charge in [0.15, 0.2) is 12.5 Å². The number of aromatic amines is 1. The number of carbonyl (C=O) groups excluding carboxylic acids is 1. The van der Waals surface area contributed by atoms with E-state index in [1.165, 1.54) is 0 Å². The van der Waals surface area contributed by atoms with Crippen molar-refractivity contribution in [2.75, 3.05) is 13.2 Å². The summed E-state index contributed by atoms with van der Waals surface area (Å²) in [7, 11) is -11.3. The Morgan fingerprint density at radius 2 is 1.76 bits per heavy atom. The highest BCUT2D eigenvalue weighted by atomic mass is 31.3. The summed E-state index contributed by atoms with van der Waals surface area (Å²) >= 11 is 0. The second-order valence-electron chi connectivity index (χ2n) is 8.77. The fourth-order valence-corrected chi connectivity index (χ4v) is 6.08. The van der Waals surface area contributed by atoms with Crippen molar-refractivity contribution in [3.63, 3.8) is 0 Å². The summed E-state index contributed by atoms with van der Waals surface area (Å²) in [5, 5.41) is 55.2. The maximum absolute atomic E-state index is 12.5. The summed E-state index contributed by atoms with van der Waals surface area (Å²) in [6.07, 6.45) is -13.9. The molecule has 1 amide bonds. The Kier molecular flexibility index (Phi) is 10.8. The maximum atomic E-state index is 12.5. The van der Waals surface area contributed by atoms with Crippen molar-refractivity contribution in [3.8, 4) is 0 Å². The van der Waals surface area contributed by atoms with Gasteiger partial charge in [0, 0.05) is 18.0 Å². The van der Waals surface area contributed by atoms with Crippen molar-refractivity contribution in [1.29, 1.82) is 0 Å². The molecule has 0 radical (unpaired) electrons. The Morgan fingerprint density at radius 1 is 1.12 bits per heavy atom. The van der Waals surface area contributed by atoms with Gasteiger partial charge in [-0.3, -0.25) is 28.2 Å². The number of phosphoric ester groups is 2. The molecule has 0 aliphatic carbocycles. The van der Waals surface area contributed by atoms with E-state index in [2.05, 4.69) is 28.7 Å². The van der Waals surface area contributed by atoms with Gasteiger partial charge in [0.1, 0.15) is 48.4 Å². The van der Waals surface area contributed by atoms with Crippen molar-refractivity contribution in [3.05, 3.63) is 37.5 Å². The molecule has 0 spiro atoms. The number of azide groups is 1. The number of rotatable bonds is 11. The SMILES string of the molecule is CC(=O)NC1C(OP(=O)(O)OP(=O)(O)OC[C@H]2O[C@@H](n3cc(N=[N+]=[N-])c(=O)[nH]c3=O)[C@H](O)[C@@H]2O)OC(CO)C(O)C1O. The molecule has 2 fully saturated rings. The lowest BCUT2D eigenvalue weighted by Gasteiger charge is -2.42. The van der Waals surface area contributed by atoms with Crippen molar-refractivity contribution >= 4 is 27.2 Å². The van der Waals surface area contributed by atoms with Crippen molar-refractivity contribution < 1.29 is 72.1 Å². The predicted molar refractivity (Wildman–Crippen MR) is 129 cm³/mol. The Labute approximate surface area is 232 Å². The van der Waals surface area contributed by atoms with Crippen LogP contribution in [0.4, 0.5) is 5.69 Å². The molecular formula is C17H26N6O17P2. The lowest BCUT2D eigenvalue weighted by molar-refractivity contribution is -0.247. The molecule has 2 saturated heterocycles. The van der Waals surface area contributed by atoms with Crippen molar-refractivity contribution in [1.82, 2.24) is 14.9 Å². The van der Waals surface area contributed by atoms with Crippen LogP contribution < -0.4 is 16.6 Å². The largest absolute Gasteiger partial charge is 0.483 e. The Bertz CT molecular complexity index is 1410. The lowest BCUT2D eigenvalue weighted by atomic mass is 9.97. The molecule has 9 N–H and O–H groups in total. The summed E-state index contributed by atoms with van der Waals surface area (Å²) in [6.45, 7) is -1.06. The molecule has 3 rings (SSSR count). The number of aromatic nitrogens is 2. The molecule has 0 aromatic carbocycles. The first-order valence-electron chi connectivity index (χ1n) is 11.5. The summed E-state index contributed by atoms with van der Waals surface area (Å²) < 4.78 is 49.1. The molecule has 236 valence electrons. The van der Waals surface area contributed by atoms with E-state index in [9.17, 15) is 58.8 Å². The average molecular weight is 648 g/mol. The van der Waals surface area contributed by atoms with Crippen LogP contribution >= 0.6 is 15.6 Å². The van der Waals surface area contributed by atoms with Gasteiger partial charge in [-0.25, -0.2) is 13.9 Å². The fraction of sp³-hybridized carbons (Fsp3) is 0.706. The van der Waals surface area contributed by atoms with Gasteiger partial charge in [0.2, 0.25) is 5.91 Å². The third-order valence-corrected chi connectivity index (χ3v) is 8.41. The van der Waals surface area contributed by atoms with Crippen LogP contribution in [-0.2, 0) is 36.8 Å². The third kappa shape index (κ3) is 7.88. The molecule has 1 aromatic rings. The quantitative estimate of drug-likeness (QED) is 0.0482. The summed E-state index contributed by atoms with van der Waals surface area (Å²) in [5.74, 6) is -0.815. The van der Waals surface area contributed by atoms with Crippen LogP contribution in [0, 0.1) is 0 Å². The number of hydrogen-bond donors (Lipinski definition) is 9. The summed E-state index contributed by atoms with van der Waals surface area (Å²) in [5.41, 5.74) is 5.69. The van der Waals surface area contributed by atoms with Crippen LogP contribution in [0.15, 0.2) is 20.9 Å². The number of nitrogens with zero attached hydrogens (tertiary/aromatic N) is 4. The smallest absolute Gasteiger partial charge is 0.394 e. The molecule has 7 unspecified atom stereocenters. The van der Waals surface area contributed by atoms with Crippen LogP contribution in [0.5, 0.6) is 0 Å². The molecule has 1 aromatic heterocycles. The zero-order valence-corrected chi connectivity index (χ0v) is 22.9. The Hall–Kier alpha value is -2.56. The lowest BCUT2D eigenvalue weighted by Crippen LogP contribution is -2.64. The van der Waals surface area contributed by atoms with Crippen molar-refractivity contribution in [2.45, 2.75) is 62.1 Å². The zero-order chi connectivity index (χ0) is 31.6. The number of ether oxygens (including phenoxy) is 2. The van der Waals surface area contributed by atoms with Gasteiger partial charge >= 0.3 is 21.3 Å². The molecule has 3 heterocycles. The first kappa shape index (κ1) is 33.9. The van der Waals surface area contributed by atoms with E-state index < -0.39 is 107 Å². The number of carbonyl (C=O) groups is 1. The van der Waals surface area contributed by atoms with E-state index in [1.807, 2.05) is 0 Å². The zero-order valence-electron chi connectivity index (χ0n) is 21.1. The standard InChI is InChI=1S/C17H26N6O17P2/c1-5(25)19-9-12(28)10(26)7(3-24)38-16(9)39-42(34,35)40-41(32,33)36-4-8-11(27)13(29)15(37-8)23-2-6(21-22-18)14(30)20-17(23)31/h2,7-13,15-16,24,26-29H,3-4H2,1H3,(H,19,25)(H,32,33)(H,34,35)(H,20,30,31)/t7?,8-,9?,10?,11-,12?,13-,15-,16?/m1/s1. The van der Waals surface area contributed by atoms with Gasteiger partial charge in [-0.2, -0.15) is 4.31 Å². The van der Waals surface area contributed by atoms with Gasteiger partial charge in [-0.05, 0) is 5.53 Å². The molecule has 0 bridgehead atoms. The monoisotopic (exact) mass is 648 g/mol. The number of hydrogen-bond acceptors (Lipinski definition) is 16. The fourth-order valence-electron chi connectivity index (χ4n) is 3.91. The van der Waals surface area contributed by atoms with E-state index in [0.29, 0.717) is 10.8 Å². The van der Waals surface area contributed by atoms with Crippen molar-refractivity contribution in [2.24, 2.45) is 5.11 Å².